The largest absolute Gasteiger partial charge is 0.456 e. The lowest BCUT2D eigenvalue weighted by Crippen LogP contribution is -2.31. The number of rotatable bonds is 5. The Labute approximate surface area is 124 Å². The van der Waals surface area contributed by atoms with Crippen molar-refractivity contribution in [2.75, 3.05) is 0 Å². The maximum atomic E-state index is 11.6. The van der Waals surface area contributed by atoms with Crippen LogP contribution >= 0.6 is 0 Å². The average molecular weight is 278 g/mol. The smallest absolute Gasteiger partial charge is 0.333 e. The fourth-order valence-corrected chi connectivity index (χ4v) is 4.05. The van der Waals surface area contributed by atoms with Gasteiger partial charge >= 0.3 is 5.97 Å². The third-order valence-electron chi connectivity index (χ3n) is 5.10. The third kappa shape index (κ3) is 4.36. The summed E-state index contributed by atoms with van der Waals surface area (Å²) in [5.41, 5.74) is 0.132. The molecule has 0 aromatic heterocycles. The second-order valence-electron chi connectivity index (χ2n) is 7.70. The molecule has 2 heteroatoms. The van der Waals surface area contributed by atoms with Gasteiger partial charge in [0.2, 0.25) is 0 Å². The van der Waals surface area contributed by atoms with E-state index in [0.717, 1.165) is 24.2 Å². The first-order valence-electron chi connectivity index (χ1n) is 8.24. The minimum Gasteiger partial charge on any atom is -0.456 e. The van der Waals surface area contributed by atoms with Gasteiger partial charge in [-0.25, -0.2) is 4.79 Å². The molecule has 2 bridgehead atoms. The summed E-state index contributed by atoms with van der Waals surface area (Å²) in [6.07, 6.45) is 10.8. The molecule has 2 atom stereocenters. The maximum Gasteiger partial charge on any atom is 0.333 e. The van der Waals surface area contributed by atoms with Crippen LogP contribution in [-0.4, -0.2) is 11.6 Å². The summed E-state index contributed by atoms with van der Waals surface area (Å²) in [5, 5.41) is 0. The highest BCUT2D eigenvalue weighted by atomic mass is 16.6. The molecule has 2 aliphatic rings. The number of hydrogen-bond acceptors (Lipinski definition) is 2. The first-order valence-corrected chi connectivity index (χ1v) is 8.24. The molecule has 0 radical (unpaired) electrons. The van der Waals surface area contributed by atoms with Crippen molar-refractivity contribution in [3.05, 3.63) is 12.2 Å². The first kappa shape index (κ1) is 15.6. The van der Waals surface area contributed by atoms with Crippen LogP contribution < -0.4 is 0 Å². The van der Waals surface area contributed by atoms with Crippen LogP contribution in [0.2, 0.25) is 0 Å². The summed E-state index contributed by atoms with van der Waals surface area (Å²) < 4.78 is 5.55. The normalized spacial score (nSPS) is 29.9. The Bertz CT molecular complexity index is 358. The van der Waals surface area contributed by atoms with Gasteiger partial charge in [0.15, 0.2) is 0 Å². The number of fused-ring (bicyclic) bond motifs is 2. The lowest BCUT2D eigenvalue weighted by molar-refractivity contribution is -0.152. The number of hydrogen-bond donors (Lipinski definition) is 0. The molecule has 0 saturated heterocycles. The summed E-state index contributed by atoms with van der Waals surface area (Å²) >= 11 is 0. The van der Waals surface area contributed by atoms with Crippen molar-refractivity contribution in [3.8, 4) is 0 Å². The molecule has 0 aliphatic heterocycles. The van der Waals surface area contributed by atoms with Crippen molar-refractivity contribution in [2.45, 2.75) is 77.7 Å². The van der Waals surface area contributed by atoms with E-state index in [1.807, 2.05) is 13.8 Å². The molecule has 20 heavy (non-hydrogen) atoms. The van der Waals surface area contributed by atoms with Crippen LogP contribution in [0.5, 0.6) is 0 Å². The minimum absolute atomic E-state index is 0.254. The molecule has 0 N–H and O–H groups in total. The maximum absolute atomic E-state index is 11.6. The Hall–Kier alpha value is -0.790. The van der Waals surface area contributed by atoms with E-state index < -0.39 is 0 Å². The van der Waals surface area contributed by atoms with Crippen molar-refractivity contribution in [1.82, 2.24) is 0 Å². The molecule has 0 amide bonds. The van der Waals surface area contributed by atoms with E-state index in [4.69, 9.17) is 4.74 Å². The molecule has 2 aliphatic carbocycles. The zero-order chi connectivity index (χ0) is 14.8. The second-order valence-corrected chi connectivity index (χ2v) is 7.70. The highest BCUT2D eigenvalue weighted by Crippen LogP contribution is 2.44. The number of carbonyl (C=O) groups is 1. The van der Waals surface area contributed by atoms with Gasteiger partial charge in [-0.15, -0.1) is 0 Å². The molecule has 0 aromatic rings. The molecule has 0 spiro atoms. The lowest BCUT2D eigenvalue weighted by atomic mass is 9.67. The Morgan fingerprint density at radius 3 is 2.35 bits per heavy atom. The van der Waals surface area contributed by atoms with Crippen molar-refractivity contribution >= 4 is 5.97 Å². The van der Waals surface area contributed by atoms with Gasteiger partial charge in [0, 0.05) is 5.57 Å². The Balaban J connectivity index is 1.79. The van der Waals surface area contributed by atoms with Crippen LogP contribution in [0.3, 0.4) is 0 Å². The third-order valence-corrected chi connectivity index (χ3v) is 5.10. The molecule has 2 nitrogen and oxygen atoms in total. The molecule has 0 heterocycles. The van der Waals surface area contributed by atoms with Crippen molar-refractivity contribution in [1.29, 1.82) is 0 Å². The fraction of sp³-hybridized carbons (Fsp3) is 0.833. The average Bonchev–Trinajstić information content (AvgIpc) is 2.35. The van der Waals surface area contributed by atoms with E-state index in [-0.39, 0.29) is 11.6 Å². The summed E-state index contributed by atoms with van der Waals surface area (Å²) in [6.45, 7) is 9.41. The van der Waals surface area contributed by atoms with Gasteiger partial charge in [-0.1, -0.05) is 25.8 Å². The van der Waals surface area contributed by atoms with Gasteiger partial charge in [-0.05, 0) is 70.6 Å². The lowest BCUT2D eigenvalue weighted by Gasteiger charge is -2.40. The molecule has 114 valence electrons. The molecule has 2 rings (SSSR count). The fourth-order valence-electron chi connectivity index (χ4n) is 4.05. The van der Waals surface area contributed by atoms with Crippen LogP contribution in [-0.2, 0) is 9.53 Å². The van der Waals surface area contributed by atoms with Crippen LogP contribution in [0.25, 0.3) is 0 Å². The van der Waals surface area contributed by atoms with Gasteiger partial charge in [-0.3, -0.25) is 0 Å². The summed E-state index contributed by atoms with van der Waals surface area (Å²) in [7, 11) is 0. The van der Waals surface area contributed by atoms with Gasteiger partial charge in [0.1, 0.15) is 5.60 Å². The van der Waals surface area contributed by atoms with Gasteiger partial charge in [-0.2, -0.15) is 0 Å². The van der Waals surface area contributed by atoms with Crippen LogP contribution in [0.15, 0.2) is 12.2 Å². The second kappa shape index (κ2) is 6.32. The molecule has 2 fully saturated rings. The van der Waals surface area contributed by atoms with E-state index in [2.05, 4.69) is 6.58 Å². The van der Waals surface area contributed by atoms with Crippen LogP contribution in [0.1, 0.15) is 72.1 Å². The molecular formula is C18H30O2. The minimum atomic E-state index is -0.359. The highest BCUT2D eigenvalue weighted by Gasteiger charge is 2.33. The van der Waals surface area contributed by atoms with E-state index in [1.165, 1.54) is 44.9 Å². The topological polar surface area (TPSA) is 26.3 Å². The Morgan fingerprint density at radius 2 is 1.80 bits per heavy atom. The van der Waals surface area contributed by atoms with Gasteiger partial charge in [0.25, 0.3) is 0 Å². The predicted molar refractivity (Wildman–Crippen MR) is 82.4 cm³/mol. The molecule has 0 aromatic carbocycles. The predicted octanol–water partition coefficient (Wildman–Crippen LogP) is 4.88. The summed E-state index contributed by atoms with van der Waals surface area (Å²) in [6, 6.07) is 0. The number of esters is 1. The van der Waals surface area contributed by atoms with Crippen LogP contribution in [0, 0.1) is 17.8 Å². The quantitative estimate of drug-likeness (QED) is 0.529. The molecule has 2 unspecified atom stereocenters. The molecule has 2 saturated carbocycles. The number of ether oxygens (including phenoxy) is 1. The van der Waals surface area contributed by atoms with Crippen molar-refractivity contribution in [3.63, 3.8) is 0 Å². The zero-order valence-electron chi connectivity index (χ0n) is 13.4. The van der Waals surface area contributed by atoms with Crippen molar-refractivity contribution < 1.29 is 9.53 Å². The standard InChI is InChI=1S/C18H30O2/c1-13(2)17(19)20-18(3,4)9-8-16-11-14-6-5-7-15(10-14)12-16/h14-16H,1,5-12H2,2-4H3. The SMILES string of the molecule is C=C(C)C(=O)OC(C)(C)CCC1CC2CCCC(C2)C1. The highest BCUT2D eigenvalue weighted by molar-refractivity contribution is 5.87. The Morgan fingerprint density at radius 1 is 1.20 bits per heavy atom. The van der Waals surface area contributed by atoms with Gasteiger partial charge in [0.05, 0.1) is 0 Å². The van der Waals surface area contributed by atoms with E-state index in [0.29, 0.717) is 5.57 Å². The molecular weight excluding hydrogens is 248 g/mol. The van der Waals surface area contributed by atoms with Gasteiger partial charge < -0.3 is 4.74 Å². The van der Waals surface area contributed by atoms with E-state index in [1.54, 1.807) is 6.92 Å². The Kier molecular flexibility index (Phi) is 4.93. The van der Waals surface area contributed by atoms with E-state index >= 15 is 0 Å². The zero-order valence-corrected chi connectivity index (χ0v) is 13.4. The van der Waals surface area contributed by atoms with Crippen LogP contribution in [0.4, 0.5) is 0 Å². The number of carbonyl (C=O) groups excluding carboxylic acids is 1. The monoisotopic (exact) mass is 278 g/mol. The summed E-state index contributed by atoms with van der Waals surface area (Å²) in [5.74, 6) is 2.56. The van der Waals surface area contributed by atoms with E-state index in [9.17, 15) is 4.79 Å². The summed E-state index contributed by atoms with van der Waals surface area (Å²) in [4.78, 5) is 11.6. The first-order chi connectivity index (χ1) is 9.35. The van der Waals surface area contributed by atoms with Crippen molar-refractivity contribution in [2.24, 2.45) is 17.8 Å².